The third kappa shape index (κ3) is 6.45. The van der Waals surface area contributed by atoms with Crippen LogP contribution in [-0.4, -0.2) is 40.0 Å². The number of anilines is 3. The van der Waals surface area contributed by atoms with Gasteiger partial charge in [0.25, 0.3) is 11.8 Å². The van der Waals surface area contributed by atoms with E-state index >= 15 is 0 Å². The molecule has 0 atom stereocenters. The first kappa shape index (κ1) is 29.8. The lowest BCUT2D eigenvalue weighted by molar-refractivity contribution is -0.137. The number of nitrogens with two attached hydrogens (primary N) is 1. The van der Waals surface area contributed by atoms with Gasteiger partial charge in [-0.05, 0) is 48.9 Å². The molecule has 41 heavy (non-hydrogen) atoms. The molecule has 0 fully saturated rings. The number of hydrogen-bond acceptors (Lipinski definition) is 6. The molecule has 2 amide bonds. The molecular weight excluding hydrogens is 561 g/mol. The lowest BCUT2D eigenvalue weighted by atomic mass is 9.95. The number of amides is 2. The summed E-state index contributed by atoms with van der Waals surface area (Å²) >= 11 is 6.19. The lowest BCUT2D eigenvalue weighted by Gasteiger charge is -2.21. The molecule has 0 aliphatic heterocycles. The Bertz CT molecular complexity index is 1620. The minimum atomic E-state index is -4.79. The first-order chi connectivity index (χ1) is 19.2. The van der Waals surface area contributed by atoms with Gasteiger partial charge in [-0.15, -0.1) is 0 Å². The number of nitrogens with one attached hydrogen (secondary N) is 3. The van der Waals surface area contributed by atoms with Gasteiger partial charge in [0.2, 0.25) is 5.95 Å². The molecular formula is C28H28ClF3N6O3. The number of nitrogens with zero attached hydrogens (tertiary/aromatic N) is 2. The van der Waals surface area contributed by atoms with Gasteiger partial charge in [0.1, 0.15) is 5.52 Å². The number of aliphatic hydroxyl groups is 1. The maximum atomic E-state index is 13.6. The fourth-order valence-corrected chi connectivity index (χ4v) is 4.15. The van der Waals surface area contributed by atoms with Gasteiger partial charge in [0.15, 0.2) is 0 Å². The number of imidazole rings is 1. The quantitative estimate of drug-likeness (QED) is 0.101. The van der Waals surface area contributed by atoms with Gasteiger partial charge in [-0.2, -0.15) is 13.2 Å². The van der Waals surface area contributed by atoms with Crippen LogP contribution in [0, 0.1) is 12.3 Å². The summed E-state index contributed by atoms with van der Waals surface area (Å²) in [5.74, 6) is 4.59. The fourth-order valence-electron chi connectivity index (χ4n) is 3.97. The van der Waals surface area contributed by atoms with Crippen molar-refractivity contribution in [1.82, 2.24) is 9.97 Å². The molecule has 1 heterocycles. The Kier molecular flexibility index (Phi) is 8.29. The van der Waals surface area contributed by atoms with E-state index in [0.29, 0.717) is 27.8 Å². The first-order valence-corrected chi connectivity index (χ1v) is 12.8. The van der Waals surface area contributed by atoms with Crippen LogP contribution in [-0.2, 0) is 6.18 Å². The average molecular weight is 589 g/mol. The number of aliphatic hydroxyl groups excluding tert-OH is 1. The molecule has 0 saturated heterocycles. The number of aromatic amines is 1. The van der Waals surface area contributed by atoms with Crippen LogP contribution in [0.25, 0.3) is 11.0 Å². The zero-order valence-corrected chi connectivity index (χ0v) is 23.1. The van der Waals surface area contributed by atoms with E-state index in [1.807, 2.05) is 13.8 Å². The number of alkyl halides is 3. The zero-order valence-electron chi connectivity index (χ0n) is 22.4. The topological polar surface area (TPSA) is 136 Å². The SMILES string of the molecule is Cc1c(Cl)cccc1NC(=O)c1cc(N(N)C(=O)c2ccccc2C(F)(F)F)cc2[nH]c(NCC(C)(C)CO)nc12. The van der Waals surface area contributed by atoms with Crippen LogP contribution in [0.5, 0.6) is 0 Å². The number of halogens is 4. The van der Waals surface area contributed by atoms with Gasteiger partial charge >= 0.3 is 6.18 Å². The predicted octanol–water partition coefficient (Wildman–Crippen LogP) is 5.75. The minimum absolute atomic E-state index is 0.00468. The molecule has 13 heteroatoms. The van der Waals surface area contributed by atoms with Crippen molar-refractivity contribution in [2.75, 3.05) is 28.8 Å². The van der Waals surface area contributed by atoms with Gasteiger partial charge in [-0.25, -0.2) is 15.8 Å². The summed E-state index contributed by atoms with van der Waals surface area (Å²) < 4.78 is 40.8. The van der Waals surface area contributed by atoms with Crippen LogP contribution in [0.1, 0.15) is 45.7 Å². The van der Waals surface area contributed by atoms with E-state index < -0.39 is 34.5 Å². The summed E-state index contributed by atoms with van der Waals surface area (Å²) in [6.45, 7) is 5.63. The second-order valence-corrected chi connectivity index (χ2v) is 10.6. The maximum Gasteiger partial charge on any atom is 0.417 e. The monoisotopic (exact) mass is 588 g/mol. The number of carbonyl (C=O) groups excluding carboxylic acids is 2. The summed E-state index contributed by atoms with van der Waals surface area (Å²) in [6.07, 6.45) is -4.79. The molecule has 4 aromatic rings. The normalized spacial score (nSPS) is 11.9. The van der Waals surface area contributed by atoms with Crippen molar-refractivity contribution < 1.29 is 27.9 Å². The minimum Gasteiger partial charge on any atom is -0.396 e. The molecule has 1 aromatic heterocycles. The Morgan fingerprint density at radius 2 is 1.80 bits per heavy atom. The Labute approximate surface area is 238 Å². The van der Waals surface area contributed by atoms with E-state index in [9.17, 15) is 27.9 Å². The molecule has 0 radical (unpaired) electrons. The molecule has 6 N–H and O–H groups in total. The van der Waals surface area contributed by atoms with Crippen molar-refractivity contribution >= 4 is 51.8 Å². The second kappa shape index (κ2) is 11.4. The standard InChI is InChI=1S/C28H28ClF3N6O3/c1-15-20(29)9-6-10-21(15)35-24(40)18-11-16(12-22-23(18)37-26(36-22)34-13-27(2,3)14-39)38(33)25(41)17-7-4-5-8-19(17)28(30,31)32/h4-12,39H,13-14,33H2,1-3H3,(H,35,40)(H2,34,36,37). The molecule has 9 nitrogen and oxygen atoms in total. The van der Waals surface area contributed by atoms with Crippen molar-refractivity contribution in [3.8, 4) is 0 Å². The van der Waals surface area contributed by atoms with E-state index in [2.05, 4.69) is 20.6 Å². The van der Waals surface area contributed by atoms with Gasteiger partial charge in [0, 0.05) is 29.3 Å². The van der Waals surface area contributed by atoms with Gasteiger partial charge in [0.05, 0.1) is 27.9 Å². The highest BCUT2D eigenvalue weighted by Gasteiger charge is 2.36. The predicted molar refractivity (Wildman–Crippen MR) is 152 cm³/mol. The highest BCUT2D eigenvalue weighted by Crippen LogP contribution is 2.34. The molecule has 0 aliphatic rings. The molecule has 0 spiro atoms. The van der Waals surface area contributed by atoms with E-state index in [0.717, 1.165) is 12.1 Å². The Hall–Kier alpha value is -4.13. The number of H-pyrrole nitrogens is 1. The Morgan fingerprint density at radius 1 is 1.10 bits per heavy atom. The molecule has 216 valence electrons. The van der Waals surface area contributed by atoms with E-state index in [-0.39, 0.29) is 34.8 Å². The molecule has 0 bridgehead atoms. The number of benzene rings is 3. The van der Waals surface area contributed by atoms with E-state index in [4.69, 9.17) is 17.4 Å². The number of hydrazine groups is 1. The van der Waals surface area contributed by atoms with Gasteiger partial charge in [-0.3, -0.25) is 9.59 Å². The summed E-state index contributed by atoms with van der Waals surface area (Å²) in [7, 11) is 0. The number of hydrogen-bond donors (Lipinski definition) is 5. The Balaban J connectivity index is 1.79. The fraction of sp³-hybridized carbons (Fsp3) is 0.250. The van der Waals surface area contributed by atoms with Crippen LogP contribution >= 0.6 is 11.6 Å². The van der Waals surface area contributed by atoms with Gasteiger partial charge < -0.3 is 20.7 Å². The van der Waals surface area contributed by atoms with Crippen molar-refractivity contribution in [3.05, 3.63) is 81.9 Å². The highest BCUT2D eigenvalue weighted by atomic mass is 35.5. The van der Waals surface area contributed by atoms with Crippen molar-refractivity contribution in [3.63, 3.8) is 0 Å². The molecule has 0 aliphatic carbocycles. The van der Waals surface area contributed by atoms with Crippen molar-refractivity contribution in [2.24, 2.45) is 11.3 Å². The molecule has 0 saturated carbocycles. The largest absolute Gasteiger partial charge is 0.417 e. The van der Waals surface area contributed by atoms with Crippen LogP contribution < -0.4 is 21.5 Å². The zero-order chi connectivity index (χ0) is 30.1. The van der Waals surface area contributed by atoms with Gasteiger partial charge in [-0.1, -0.05) is 43.6 Å². The van der Waals surface area contributed by atoms with Crippen LogP contribution in [0.4, 0.5) is 30.5 Å². The maximum absolute atomic E-state index is 13.6. The number of fused-ring (bicyclic) bond motifs is 1. The molecule has 3 aromatic carbocycles. The van der Waals surface area contributed by atoms with Crippen LogP contribution in [0.2, 0.25) is 5.02 Å². The van der Waals surface area contributed by atoms with E-state index in [1.54, 1.807) is 25.1 Å². The third-order valence-corrected chi connectivity index (χ3v) is 6.86. The van der Waals surface area contributed by atoms with Crippen molar-refractivity contribution in [2.45, 2.75) is 26.9 Å². The first-order valence-electron chi connectivity index (χ1n) is 12.4. The summed E-state index contributed by atoms with van der Waals surface area (Å²) in [5, 5.41) is 16.4. The lowest BCUT2D eigenvalue weighted by Crippen LogP contribution is -2.38. The molecule has 4 rings (SSSR count). The summed E-state index contributed by atoms with van der Waals surface area (Å²) in [5.41, 5.74) is -0.797. The van der Waals surface area contributed by atoms with Crippen molar-refractivity contribution in [1.29, 1.82) is 0 Å². The van der Waals surface area contributed by atoms with Crippen LogP contribution in [0.15, 0.2) is 54.6 Å². The smallest absolute Gasteiger partial charge is 0.396 e. The second-order valence-electron chi connectivity index (χ2n) is 10.2. The van der Waals surface area contributed by atoms with E-state index in [1.165, 1.54) is 24.3 Å². The average Bonchev–Trinajstić information content (AvgIpc) is 3.35. The number of aromatic nitrogens is 2. The summed E-state index contributed by atoms with van der Waals surface area (Å²) in [4.78, 5) is 34.2. The summed E-state index contributed by atoms with van der Waals surface area (Å²) in [6, 6.07) is 11.9. The highest BCUT2D eigenvalue weighted by molar-refractivity contribution is 6.31. The molecule has 0 unspecified atom stereocenters. The van der Waals surface area contributed by atoms with Crippen LogP contribution in [0.3, 0.4) is 0 Å². The number of rotatable bonds is 8. The third-order valence-electron chi connectivity index (χ3n) is 6.45. The number of carbonyl (C=O) groups is 2. The Morgan fingerprint density at radius 3 is 2.49 bits per heavy atom.